The maximum atomic E-state index is 13.6. The number of nitro groups is 1. The highest BCUT2D eigenvalue weighted by atomic mass is 32.2. The molecule has 3 aromatic rings. The standard InChI is InChI=1S/C27H22N4O5S/c32-24(28-20-6-2-1-3-7-20)16-18-9-11-21(12-10-18)30-26(33)25-23(13-14-37-25)29(27(30)34)17-19-5-4-8-22(15-19)31(35)36/h1-15,23,25H,16-17H2,(H,28,32). The van der Waals surface area contributed by atoms with Crippen molar-refractivity contribution in [1.82, 2.24) is 4.90 Å². The number of nitrogens with one attached hydrogen (secondary N) is 1. The van der Waals surface area contributed by atoms with Gasteiger partial charge in [0.25, 0.3) is 11.6 Å². The number of hydrogen-bond acceptors (Lipinski definition) is 6. The Bertz CT molecular complexity index is 1390. The van der Waals surface area contributed by atoms with Gasteiger partial charge in [0.2, 0.25) is 5.91 Å². The number of carbonyl (C=O) groups excluding carboxylic acids is 3. The molecule has 2 heterocycles. The van der Waals surface area contributed by atoms with Gasteiger partial charge < -0.3 is 10.2 Å². The van der Waals surface area contributed by atoms with Crippen LogP contribution in [0.15, 0.2) is 90.3 Å². The zero-order valence-electron chi connectivity index (χ0n) is 19.5. The van der Waals surface area contributed by atoms with Crippen LogP contribution in [0, 0.1) is 10.1 Å². The van der Waals surface area contributed by atoms with Gasteiger partial charge in [0, 0.05) is 24.4 Å². The molecule has 1 N–H and O–H groups in total. The van der Waals surface area contributed by atoms with Gasteiger partial charge >= 0.3 is 6.03 Å². The molecule has 0 saturated carbocycles. The number of benzene rings is 3. The summed E-state index contributed by atoms with van der Waals surface area (Å²) >= 11 is 1.34. The molecule has 10 heteroatoms. The van der Waals surface area contributed by atoms with E-state index in [0.717, 1.165) is 10.5 Å². The molecule has 37 heavy (non-hydrogen) atoms. The van der Waals surface area contributed by atoms with Crippen molar-refractivity contribution in [3.05, 3.63) is 112 Å². The average molecular weight is 515 g/mol. The largest absolute Gasteiger partial charge is 0.332 e. The van der Waals surface area contributed by atoms with Gasteiger partial charge in [-0.2, -0.15) is 0 Å². The van der Waals surface area contributed by atoms with E-state index in [-0.39, 0.29) is 30.5 Å². The maximum absolute atomic E-state index is 13.6. The van der Waals surface area contributed by atoms with Crippen molar-refractivity contribution in [2.45, 2.75) is 24.3 Å². The minimum Gasteiger partial charge on any atom is -0.326 e. The number of anilines is 2. The summed E-state index contributed by atoms with van der Waals surface area (Å²) in [7, 11) is 0. The zero-order chi connectivity index (χ0) is 25.9. The van der Waals surface area contributed by atoms with Crippen molar-refractivity contribution < 1.29 is 19.3 Å². The number of nitrogens with zero attached hydrogens (tertiary/aromatic N) is 3. The number of thioether (sulfide) groups is 1. The van der Waals surface area contributed by atoms with Gasteiger partial charge in [0.15, 0.2) is 0 Å². The predicted octanol–water partition coefficient (Wildman–Crippen LogP) is 4.74. The highest BCUT2D eigenvalue weighted by molar-refractivity contribution is 8.03. The molecule has 0 bridgehead atoms. The van der Waals surface area contributed by atoms with Crippen molar-refractivity contribution >= 4 is 46.7 Å². The molecule has 2 aliphatic heterocycles. The molecule has 0 spiro atoms. The summed E-state index contributed by atoms with van der Waals surface area (Å²) in [5, 5.41) is 15.3. The quantitative estimate of drug-likeness (QED) is 0.360. The molecule has 4 amide bonds. The fraction of sp³-hybridized carbons (Fsp3) is 0.148. The first kappa shape index (κ1) is 24.3. The lowest BCUT2D eigenvalue weighted by Crippen LogP contribution is -2.61. The molecule has 0 radical (unpaired) electrons. The van der Waals surface area contributed by atoms with Crippen LogP contribution in [0.4, 0.5) is 21.9 Å². The number of urea groups is 1. The Balaban J connectivity index is 1.34. The first-order valence-electron chi connectivity index (χ1n) is 11.5. The molecule has 2 unspecified atom stereocenters. The average Bonchev–Trinajstić information content (AvgIpc) is 3.39. The van der Waals surface area contributed by atoms with Crippen LogP contribution in [0.2, 0.25) is 0 Å². The van der Waals surface area contributed by atoms with E-state index in [1.807, 2.05) is 24.3 Å². The van der Waals surface area contributed by atoms with E-state index in [0.29, 0.717) is 16.9 Å². The van der Waals surface area contributed by atoms with Crippen molar-refractivity contribution in [1.29, 1.82) is 0 Å². The number of carbonyl (C=O) groups is 3. The van der Waals surface area contributed by atoms with Crippen LogP contribution >= 0.6 is 11.8 Å². The molecule has 3 aromatic carbocycles. The van der Waals surface area contributed by atoms with E-state index in [9.17, 15) is 24.5 Å². The fourth-order valence-corrected chi connectivity index (χ4v) is 5.43. The highest BCUT2D eigenvalue weighted by Gasteiger charge is 2.47. The van der Waals surface area contributed by atoms with Crippen molar-refractivity contribution in [3.8, 4) is 0 Å². The molecule has 0 aromatic heterocycles. The van der Waals surface area contributed by atoms with E-state index >= 15 is 0 Å². The fourth-order valence-electron chi connectivity index (χ4n) is 4.39. The Morgan fingerprint density at radius 2 is 1.73 bits per heavy atom. The molecule has 2 aliphatic rings. The topological polar surface area (TPSA) is 113 Å². The lowest BCUT2D eigenvalue weighted by atomic mass is 10.0. The molecule has 1 fully saturated rings. The van der Waals surface area contributed by atoms with Crippen LogP contribution in [0.3, 0.4) is 0 Å². The highest BCUT2D eigenvalue weighted by Crippen LogP contribution is 2.37. The number of rotatable bonds is 7. The zero-order valence-corrected chi connectivity index (χ0v) is 20.3. The maximum Gasteiger partial charge on any atom is 0.332 e. The van der Waals surface area contributed by atoms with Crippen LogP contribution in [-0.4, -0.2) is 39.0 Å². The van der Waals surface area contributed by atoms with E-state index < -0.39 is 22.2 Å². The Kier molecular flexibility index (Phi) is 6.74. The summed E-state index contributed by atoms with van der Waals surface area (Å²) in [6, 6.07) is 21.1. The Hall–Kier alpha value is -4.44. The molecule has 186 valence electrons. The summed E-state index contributed by atoms with van der Waals surface area (Å²) in [6.07, 6.45) is 1.95. The monoisotopic (exact) mass is 514 g/mol. The lowest BCUT2D eigenvalue weighted by Gasteiger charge is -2.41. The van der Waals surface area contributed by atoms with Gasteiger partial charge in [-0.3, -0.25) is 19.7 Å². The summed E-state index contributed by atoms with van der Waals surface area (Å²) in [6.45, 7) is 0.119. The molecule has 0 aliphatic carbocycles. The van der Waals surface area contributed by atoms with Crippen LogP contribution in [0.5, 0.6) is 0 Å². The molecule has 9 nitrogen and oxygen atoms in total. The van der Waals surface area contributed by atoms with Gasteiger partial charge in [0.1, 0.15) is 5.25 Å². The van der Waals surface area contributed by atoms with Crippen LogP contribution in [0.1, 0.15) is 11.1 Å². The number of nitro benzene ring substituents is 1. The van der Waals surface area contributed by atoms with Crippen LogP contribution in [0.25, 0.3) is 0 Å². The number of para-hydroxylation sites is 1. The van der Waals surface area contributed by atoms with Crippen molar-refractivity contribution in [2.24, 2.45) is 0 Å². The summed E-state index contributed by atoms with van der Waals surface area (Å²) in [4.78, 5) is 52.7. The van der Waals surface area contributed by atoms with E-state index in [1.165, 1.54) is 23.9 Å². The van der Waals surface area contributed by atoms with Crippen molar-refractivity contribution in [3.63, 3.8) is 0 Å². The first-order chi connectivity index (χ1) is 17.9. The Labute approximate surface area is 216 Å². The van der Waals surface area contributed by atoms with E-state index in [1.54, 1.807) is 58.8 Å². The van der Waals surface area contributed by atoms with E-state index in [4.69, 9.17) is 0 Å². The van der Waals surface area contributed by atoms with Gasteiger partial charge in [-0.25, -0.2) is 9.69 Å². The number of imide groups is 1. The second-order valence-corrected chi connectivity index (χ2v) is 9.70. The summed E-state index contributed by atoms with van der Waals surface area (Å²) < 4.78 is 0. The third-order valence-electron chi connectivity index (χ3n) is 6.16. The first-order valence-corrected chi connectivity index (χ1v) is 12.5. The lowest BCUT2D eigenvalue weighted by molar-refractivity contribution is -0.384. The second kappa shape index (κ2) is 10.3. The van der Waals surface area contributed by atoms with Crippen LogP contribution < -0.4 is 10.2 Å². The SMILES string of the molecule is O=C(Cc1ccc(N2C(=O)C3SC=CC3N(Cc3cccc([N+](=O)[O-])c3)C2=O)cc1)Nc1ccccc1. The molecule has 5 rings (SSSR count). The third kappa shape index (κ3) is 5.10. The molecule has 2 atom stereocenters. The van der Waals surface area contributed by atoms with Gasteiger partial charge in [0.05, 0.1) is 23.1 Å². The number of fused-ring (bicyclic) bond motifs is 1. The number of non-ortho nitro benzene ring substituents is 1. The minimum absolute atomic E-state index is 0.0605. The molecular formula is C27H22N4O5S. The normalized spacial score (nSPS) is 18.6. The predicted molar refractivity (Wildman–Crippen MR) is 141 cm³/mol. The second-order valence-electron chi connectivity index (χ2n) is 8.64. The molecule has 1 saturated heterocycles. The third-order valence-corrected chi connectivity index (χ3v) is 7.25. The smallest absolute Gasteiger partial charge is 0.326 e. The summed E-state index contributed by atoms with van der Waals surface area (Å²) in [5.74, 6) is -0.502. The Morgan fingerprint density at radius 1 is 0.973 bits per heavy atom. The van der Waals surface area contributed by atoms with E-state index in [2.05, 4.69) is 5.32 Å². The van der Waals surface area contributed by atoms with Gasteiger partial charge in [-0.15, -0.1) is 11.8 Å². The van der Waals surface area contributed by atoms with Crippen LogP contribution in [-0.2, 0) is 22.6 Å². The number of amides is 4. The minimum atomic E-state index is -0.507. The van der Waals surface area contributed by atoms with Gasteiger partial charge in [-0.1, -0.05) is 48.5 Å². The molecular weight excluding hydrogens is 492 g/mol. The summed E-state index contributed by atoms with van der Waals surface area (Å²) in [5.41, 5.74) is 2.37. The number of hydrogen-bond donors (Lipinski definition) is 1. The Morgan fingerprint density at radius 3 is 2.46 bits per heavy atom. The van der Waals surface area contributed by atoms with Gasteiger partial charge in [-0.05, 0) is 40.8 Å². The van der Waals surface area contributed by atoms with Crippen molar-refractivity contribution in [2.75, 3.05) is 10.2 Å².